The second kappa shape index (κ2) is 4.69. The summed E-state index contributed by atoms with van der Waals surface area (Å²) >= 11 is 0. The maximum Gasteiger partial charge on any atom is 0.224 e. The summed E-state index contributed by atoms with van der Waals surface area (Å²) in [5, 5.41) is 2.54. The highest BCUT2D eigenvalue weighted by Gasteiger charge is 2.07. The molecule has 1 aromatic rings. The number of benzene rings is 1. The van der Waals surface area contributed by atoms with E-state index < -0.39 is 11.6 Å². The summed E-state index contributed by atoms with van der Waals surface area (Å²) in [5.41, 5.74) is 0.206. The van der Waals surface area contributed by atoms with Crippen LogP contribution in [0.25, 0.3) is 0 Å². The van der Waals surface area contributed by atoms with Crippen molar-refractivity contribution in [3.05, 3.63) is 35.4 Å². The molecule has 0 fully saturated rings. The van der Waals surface area contributed by atoms with Crippen LogP contribution in [0.5, 0.6) is 0 Å². The summed E-state index contributed by atoms with van der Waals surface area (Å²) in [6, 6.07) is 3.19. The van der Waals surface area contributed by atoms with Crippen molar-refractivity contribution in [2.45, 2.75) is 13.3 Å². The van der Waals surface area contributed by atoms with Gasteiger partial charge in [-0.3, -0.25) is 4.79 Å². The average Bonchev–Trinajstić information content (AvgIpc) is 2.10. The Balaban J connectivity index is 2.72. The van der Waals surface area contributed by atoms with Crippen molar-refractivity contribution in [3.8, 4) is 0 Å². The third-order valence-corrected chi connectivity index (χ3v) is 1.74. The average molecular weight is 199 g/mol. The van der Waals surface area contributed by atoms with E-state index in [4.69, 9.17) is 0 Å². The van der Waals surface area contributed by atoms with E-state index in [-0.39, 0.29) is 17.9 Å². The first kappa shape index (κ1) is 10.6. The van der Waals surface area contributed by atoms with Gasteiger partial charge >= 0.3 is 0 Å². The minimum Gasteiger partial charge on any atom is -0.356 e. The summed E-state index contributed by atoms with van der Waals surface area (Å²) in [7, 11) is 0. The van der Waals surface area contributed by atoms with Gasteiger partial charge in [-0.2, -0.15) is 0 Å². The molecule has 0 saturated heterocycles. The van der Waals surface area contributed by atoms with Gasteiger partial charge in [0.05, 0.1) is 6.42 Å². The number of likely N-dealkylation sites (N-methyl/N-ethyl adjacent to an activating group) is 1. The first-order chi connectivity index (χ1) is 6.63. The molecule has 0 aliphatic carbocycles. The SMILES string of the molecule is CCNC(=O)Cc1ccc(F)cc1F. The molecule has 0 radical (unpaired) electrons. The van der Waals surface area contributed by atoms with Crippen molar-refractivity contribution in [1.29, 1.82) is 0 Å². The highest BCUT2D eigenvalue weighted by Crippen LogP contribution is 2.09. The molecule has 4 heteroatoms. The summed E-state index contributed by atoms with van der Waals surface area (Å²) in [6.45, 7) is 2.28. The summed E-state index contributed by atoms with van der Waals surface area (Å²) in [6.07, 6.45) is -0.0556. The Morgan fingerprint density at radius 3 is 2.71 bits per heavy atom. The maximum atomic E-state index is 13.0. The van der Waals surface area contributed by atoms with Gasteiger partial charge in [0.25, 0.3) is 0 Å². The molecule has 14 heavy (non-hydrogen) atoms. The summed E-state index contributed by atoms with van der Waals surface area (Å²) in [4.78, 5) is 11.1. The lowest BCUT2D eigenvalue weighted by molar-refractivity contribution is -0.120. The van der Waals surface area contributed by atoms with Crippen molar-refractivity contribution in [2.75, 3.05) is 6.54 Å². The van der Waals surface area contributed by atoms with E-state index >= 15 is 0 Å². The van der Waals surface area contributed by atoms with Gasteiger partial charge in [-0.1, -0.05) is 6.07 Å². The van der Waals surface area contributed by atoms with Crippen LogP contribution in [0, 0.1) is 11.6 Å². The molecule has 0 aliphatic rings. The number of nitrogens with one attached hydrogen (secondary N) is 1. The Hall–Kier alpha value is -1.45. The molecule has 1 aromatic carbocycles. The Morgan fingerprint density at radius 1 is 1.43 bits per heavy atom. The molecule has 0 aromatic heterocycles. The third-order valence-electron chi connectivity index (χ3n) is 1.74. The molecule has 76 valence electrons. The molecule has 1 rings (SSSR count). The number of hydrogen-bond donors (Lipinski definition) is 1. The van der Waals surface area contributed by atoms with Crippen molar-refractivity contribution in [3.63, 3.8) is 0 Å². The van der Waals surface area contributed by atoms with E-state index in [1.54, 1.807) is 6.92 Å². The molecular formula is C10H11F2NO. The van der Waals surface area contributed by atoms with Gasteiger partial charge in [0.2, 0.25) is 5.91 Å². The molecule has 0 bridgehead atoms. The van der Waals surface area contributed by atoms with E-state index in [0.29, 0.717) is 6.54 Å². The van der Waals surface area contributed by atoms with Gasteiger partial charge in [-0.05, 0) is 18.6 Å². The Morgan fingerprint density at radius 2 is 2.14 bits per heavy atom. The largest absolute Gasteiger partial charge is 0.356 e. The van der Waals surface area contributed by atoms with Crippen LogP contribution in [0.1, 0.15) is 12.5 Å². The number of hydrogen-bond acceptors (Lipinski definition) is 1. The van der Waals surface area contributed by atoms with Gasteiger partial charge < -0.3 is 5.32 Å². The number of amides is 1. The second-order valence-corrected chi connectivity index (χ2v) is 2.87. The van der Waals surface area contributed by atoms with Crippen molar-refractivity contribution in [1.82, 2.24) is 5.32 Å². The van der Waals surface area contributed by atoms with Gasteiger partial charge in [-0.15, -0.1) is 0 Å². The fourth-order valence-electron chi connectivity index (χ4n) is 1.10. The van der Waals surface area contributed by atoms with Crippen LogP contribution in [0.4, 0.5) is 8.78 Å². The molecule has 0 heterocycles. The molecular weight excluding hydrogens is 188 g/mol. The monoisotopic (exact) mass is 199 g/mol. The highest BCUT2D eigenvalue weighted by atomic mass is 19.1. The topological polar surface area (TPSA) is 29.1 Å². The van der Waals surface area contributed by atoms with Crippen LogP contribution in [0.2, 0.25) is 0 Å². The zero-order chi connectivity index (χ0) is 10.6. The molecule has 0 spiro atoms. The Labute approximate surface area is 80.9 Å². The van der Waals surface area contributed by atoms with E-state index in [9.17, 15) is 13.6 Å². The van der Waals surface area contributed by atoms with Gasteiger partial charge in [0.15, 0.2) is 0 Å². The lowest BCUT2D eigenvalue weighted by Crippen LogP contribution is -2.24. The predicted molar refractivity (Wildman–Crippen MR) is 48.7 cm³/mol. The van der Waals surface area contributed by atoms with E-state index in [0.717, 1.165) is 12.1 Å². The zero-order valence-corrected chi connectivity index (χ0v) is 7.81. The third kappa shape index (κ3) is 2.80. The van der Waals surface area contributed by atoms with Crippen molar-refractivity contribution in [2.24, 2.45) is 0 Å². The summed E-state index contributed by atoms with van der Waals surface area (Å²) < 4.78 is 25.5. The van der Waals surface area contributed by atoms with E-state index in [1.165, 1.54) is 6.07 Å². The Kier molecular flexibility index (Phi) is 3.56. The first-order valence-corrected chi connectivity index (χ1v) is 4.34. The second-order valence-electron chi connectivity index (χ2n) is 2.87. The molecule has 1 N–H and O–H groups in total. The fourth-order valence-corrected chi connectivity index (χ4v) is 1.10. The molecule has 0 aliphatic heterocycles. The lowest BCUT2D eigenvalue weighted by atomic mass is 10.1. The van der Waals surface area contributed by atoms with Crippen LogP contribution in [0.3, 0.4) is 0 Å². The fraction of sp³-hybridized carbons (Fsp3) is 0.300. The van der Waals surface area contributed by atoms with Gasteiger partial charge in [0, 0.05) is 12.6 Å². The van der Waals surface area contributed by atoms with E-state index in [2.05, 4.69) is 5.32 Å². The van der Waals surface area contributed by atoms with Crippen LogP contribution in [-0.2, 0) is 11.2 Å². The zero-order valence-electron chi connectivity index (χ0n) is 7.81. The summed E-state index contributed by atoms with van der Waals surface area (Å²) in [5.74, 6) is -1.59. The van der Waals surface area contributed by atoms with Gasteiger partial charge in [0.1, 0.15) is 11.6 Å². The molecule has 1 amide bonds. The van der Waals surface area contributed by atoms with Gasteiger partial charge in [-0.25, -0.2) is 8.78 Å². The number of carbonyl (C=O) groups is 1. The van der Waals surface area contributed by atoms with E-state index in [1.807, 2.05) is 0 Å². The van der Waals surface area contributed by atoms with Crippen LogP contribution >= 0.6 is 0 Å². The highest BCUT2D eigenvalue weighted by molar-refractivity contribution is 5.78. The number of carbonyl (C=O) groups excluding carboxylic acids is 1. The lowest BCUT2D eigenvalue weighted by Gasteiger charge is -2.03. The van der Waals surface area contributed by atoms with Crippen molar-refractivity contribution < 1.29 is 13.6 Å². The van der Waals surface area contributed by atoms with Crippen molar-refractivity contribution >= 4 is 5.91 Å². The normalized spacial score (nSPS) is 9.93. The molecule has 0 unspecified atom stereocenters. The van der Waals surface area contributed by atoms with Crippen LogP contribution < -0.4 is 5.32 Å². The Bertz CT molecular complexity index is 339. The number of rotatable bonds is 3. The molecule has 2 nitrogen and oxygen atoms in total. The minimum absolute atomic E-state index is 0.0556. The van der Waals surface area contributed by atoms with Crippen LogP contribution in [0.15, 0.2) is 18.2 Å². The first-order valence-electron chi connectivity index (χ1n) is 4.34. The smallest absolute Gasteiger partial charge is 0.224 e. The molecule has 0 saturated carbocycles. The minimum atomic E-state index is -0.684. The number of halogens is 2. The van der Waals surface area contributed by atoms with Crippen LogP contribution in [-0.4, -0.2) is 12.5 Å². The molecule has 0 atom stereocenters. The predicted octanol–water partition coefficient (Wildman–Crippen LogP) is 1.64. The standard InChI is InChI=1S/C10H11F2NO/c1-2-13-10(14)5-7-3-4-8(11)6-9(7)12/h3-4,6H,2,5H2,1H3,(H,13,14). The quantitative estimate of drug-likeness (QED) is 0.787. The maximum absolute atomic E-state index is 13.0.